The molecule has 0 heterocycles. The normalized spacial score (nSPS) is 11.7. The number of rotatable bonds is 28. The van der Waals surface area contributed by atoms with Crippen LogP contribution in [0.4, 0.5) is 0 Å². The molecule has 0 rings (SSSR count). The van der Waals surface area contributed by atoms with Crippen LogP contribution in [-0.4, -0.2) is 128 Å². The van der Waals surface area contributed by atoms with Gasteiger partial charge in [-0.3, -0.25) is 0 Å². The first-order valence-electron chi connectivity index (χ1n) is 11.4. The molecule has 196 valence electrons. The molecule has 33 heavy (non-hydrogen) atoms. The molecule has 0 amide bonds. The quantitative estimate of drug-likeness (QED) is 0.0906. The molecule has 0 unspecified atom stereocenters. The Bertz CT molecular complexity index is 381. The van der Waals surface area contributed by atoms with Crippen molar-refractivity contribution in [2.24, 2.45) is 10.3 Å². The van der Waals surface area contributed by atoms with Crippen molar-refractivity contribution in [2.45, 2.75) is 19.3 Å². The topological polar surface area (TPSA) is 139 Å². The zero-order valence-electron chi connectivity index (χ0n) is 19.6. The molecule has 0 spiro atoms. The third kappa shape index (κ3) is 30.6. The van der Waals surface area contributed by atoms with Gasteiger partial charge in [0.2, 0.25) is 0 Å². The third-order valence-corrected chi connectivity index (χ3v) is 3.56. The largest absolute Gasteiger partial charge is 0.394 e. The smallest absolute Gasteiger partial charge is 0.140 e. The van der Waals surface area contributed by atoms with Crippen LogP contribution in [0.2, 0.25) is 0 Å². The number of nitrogens with zero attached hydrogens (tertiary/aromatic N) is 2. The molecule has 12 nitrogen and oxygen atoms in total. The minimum absolute atomic E-state index is 0.0230. The maximum atomic E-state index is 8.54. The first-order chi connectivity index (χ1) is 16.4. The average Bonchev–Trinajstić information content (AvgIpc) is 2.83. The fraction of sp³-hybridized carbons (Fsp3) is 0.905. The Labute approximate surface area is 196 Å². The van der Waals surface area contributed by atoms with Crippen LogP contribution in [0.3, 0.4) is 0 Å². The van der Waals surface area contributed by atoms with Gasteiger partial charge in [0.25, 0.3) is 0 Å². The summed E-state index contributed by atoms with van der Waals surface area (Å²) in [5, 5.41) is 24.8. The number of ether oxygens (including phenoxy) is 6. The Morgan fingerprint density at radius 3 is 1.06 bits per heavy atom. The standard InChI is InChI=1S/C21H42N2O10/c24-6-8-26-10-12-28-14-16-30-18-20-32-22-4-2-1-3-5-23-33-21-19-31-17-15-29-13-11-27-9-7-25/h4-5,24-25H,1-3,6-21H2/b22-4+,23-5+. The Balaban J connectivity index is 3.14. The molecular weight excluding hydrogens is 440 g/mol. The molecule has 0 aliphatic carbocycles. The maximum absolute atomic E-state index is 8.54. The Kier molecular flexibility index (Phi) is 29.3. The highest BCUT2D eigenvalue weighted by Crippen LogP contribution is 1.91. The minimum Gasteiger partial charge on any atom is -0.394 e. The van der Waals surface area contributed by atoms with E-state index in [1.54, 1.807) is 12.4 Å². The zero-order chi connectivity index (χ0) is 23.9. The molecular formula is C21H42N2O10. The van der Waals surface area contributed by atoms with Gasteiger partial charge in [-0.15, -0.1) is 0 Å². The van der Waals surface area contributed by atoms with Crippen LogP contribution in [0.15, 0.2) is 10.3 Å². The van der Waals surface area contributed by atoms with E-state index in [2.05, 4.69) is 10.3 Å². The number of oxime groups is 2. The molecule has 0 aromatic carbocycles. The zero-order valence-corrected chi connectivity index (χ0v) is 19.6. The summed E-state index contributed by atoms with van der Waals surface area (Å²) in [6.45, 7) is 6.22. The van der Waals surface area contributed by atoms with E-state index < -0.39 is 0 Å². The lowest BCUT2D eigenvalue weighted by molar-refractivity contribution is -0.00490. The molecule has 0 saturated carbocycles. The van der Waals surface area contributed by atoms with Gasteiger partial charge in [-0.1, -0.05) is 10.3 Å². The van der Waals surface area contributed by atoms with Gasteiger partial charge >= 0.3 is 0 Å². The van der Waals surface area contributed by atoms with Gasteiger partial charge in [0, 0.05) is 12.4 Å². The monoisotopic (exact) mass is 482 g/mol. The first kappa shape index (κ1) is 31.6. The van der Waals surface area contributed by atoms with E-state index in [1.807, 2.05) is 0 Å². The second-order valence-corrected chi connectivity index (χ2v) is 6.29. The van der Waals surface area contributed by atoms with E-state index in [0.29, 0.717) is 92.5 Å². The Hall–Kier alpha value is -1.38. The van der Waals surface area contributed by atoms with Crippen molar-refractivity contribution < 1.29 is 48.3 Å². The van der Waals surface area contributed by atoms with Crippen LogP contribution in [-0.2, 0) is 38.1 Å². The first-order valence-corrected chi connectivity index (χ1v) is 11.4. The van der Waals surface area contributed by atoms with Crippen LogP contribution in [0.1, 0.15) is 19.3 Å². The number of unbranched alkanes of at least 4 members (excludes halogenated alkanes) is 2. The molecule has 0 aromatic heterocycles. The van der Waals surface area contributed by atoms with Gasteiger partial charge in [0.1, 0.15) is 13.2 Å². The highest BCUT2D eigenvalue weighted by Gasteiger charge is 1.93. The van der Waals surface area contributed by atoms with Crippen LogP contribution < -0.4 is 0 Å². The van der Waals surface area contributed by atoms with Crippen LogP contribution >= 0.6 is 0 Å². The van der Waals surface area contributed by atoms with E-state index in [9.17, 15) is 0 Å². The van der Waals surface area contributed by atoms with Crippen molar-refractivity contribution in [1.29, 1.82) is 0 Å². The SMILES string of the molecule is OCCOCCOCCOCCO/N=C/CCC/C=N/OCCOCCOCCOCCO. The van der Waals surface area contributed by atoms with Crippen molar-refractivity contribution in [3.8, 4) is 0 Å². The Morgan fingerprint density at radius 1 is 0.424 bits per heavy atom. The van der Waals surface area contributed by atoms with Gasteiger partial charge in [-0.2, -0.15) is 0 Å². The Morgan fingerprint density at radius 2 is 0.727 bits per heavy atom. The van der Waals surface area contributed by atoms with Crippen LogP contribution in [0.25, 0.3) is 0 Å². The summed E-state index contributed by atoms with van der Waals surface area (Å²) in [6, 6.07) is 0. The number of hydrogen-bond donors (Lipinski definition) is 2. The number of aliphatic hydroxyl groups excluding tert-OH is 2. The van der Waals surface area contributed by atoms with Crippen molar-refractivity contribution in [2.75, 3.05) is 106 Å². The third-order valence-electron chi connectivity index (χ3n) is 3.56. The summed E-state index contributed by atoms with van der Waals surface area (Å²) in [4.78, 5) is 10.2. The van der Waals surface area contributed by atoms with Crippen molar-refractivity contribution >= 4 is 12.4 Å². The van der Waals surface area contributed by atoms with Gasteiger partial charge < -0.3 is 48.3 Å². The average molecular weight is 483 g/mol. The summed E-state index contributed by atoms with van der Waals surface area (Å²) in [6.07, 6.45) is 5.91. The predicted octanol–water partition coefficient (Wildman–Crippen LogP) is 0.246. The lowest BCUT2D eigenvalue weighted by Gasteiger charge is -2.05. The van der Waals surface area contributed by atoms with Crippen molar-refractivity contribution in [3.05, 3.63) is 0 Å². The van der Waals surface area contributed by atoms with Gasteiger partial charge in [0.15, 0.2) is 0 Å². The van der Waals surface area contributed by atoms with Gasteiger partial charge in [-0.25, -0.2) is 0 Å². The minimum atomic E-state index is 0.0230. The van der Waals surface area contributed by atoms with Crippen LogP contribution in [0, 0.1) is 0 Å². The fourth-order valence-corrected chi connectivity index (χ4v) is 2.02. The van der Waals surface area contributed by atoms with Crippen molar-refractivity contribution in [1.82, 2.24) is 0 Å². The number of hydrogen-bond acceptors (Lipinski definition) is 12. The lowest BCUT2D eigenvalue weighted by atomic mass is 10.3. The molecule has 0 atom stereocenters. The van der Waals surface area contributed by atoms with E-state index in [1.165, 1.54) is 0 Å². The molecule has 12 heteroatoms. The number of aliphatic hydroxyl groups is 2. The molecule has 0 bridgehead atoms. The molecule has 0 saturated heterocycles. The molecule has 2 N–H and O–H groups in total. The summed E-state index contributed by atoms with van der Waals surface area (Å²) in [5.74, 6) is 0. The molecule has 0 radical (unpaired) electrons. The van der Waals surface area contributed by atoms with E-state index in [-0.39, 0.29) is 13.2 Å². The highest BCUT2D eigenvalue weighted by atomic mass is 16.6. The van der Waals surface area contributed by atoms with Crippen molar-refractivity contribution in [3.63, 3.8) is 0 Å². The summed E-state index contributed by atoms with van der Waals surface area (Å²) >= 11 is 0. The second-order valence-electron chi connectivity index (χ2n) is 6.29. The maximum Gasteiger partial charge on any atom is 0.140 e. The predicted molar refractivity (Wildman–Crippen MR) is 122 cm³/mol. The van der Waals surface area contributed by atoms with Gasteiger partial charge in [0.05, 0.1) is 92.5 Å². The summed E-state index contributed by atoms with van der Waals surface area (Å²) in [5.41, 5.74) is 0. The highest BCUT2D eigenvalue weighted by molar-refractivity contribution is 5.59. The summed E-state index contributed by atoms with van der Waals surface area (Å²) < 4.78 is 31.4. The van der Waals surface area contributed by atoms with Gasteiger partial charge in [-0.05, 0) is 19.3 Å². The van der Waals surface area contributed by atoms with Crippen LogP contribution in [0.5, 0.6) is 0 Å². The van der Waals surface area contributed by atoms with E-state index >= 15 is 0 Å². The van der Waals surface area contributed by atoms with E-state index in [0.717, 1.165) is 19.3 Å². The molecule has 0 fully saturated rings. The molecule has 0 aliphatic heterocycles. The molecule has 0 aliphatic rings. The second kappa shape index (κ2) is 30.6. The molecule has 0 aromatic rings. The fourth-order valence-electron chi connectivity index (χ4n) is 2.02. The lowest BCUT2D eigenvalue weighted by Crippen LogP contribution is -2.12. The summed E-state index contributed by atoms with van der Waals surface area (Å²) in [7, 11) is 0. The van der Waals surface area contributed by atoms with E-state index in [4.69, 9.17) is 48.3 Å².